The molecular weight excluding hydrogens is 266 g/mol. The van der Waals surface area contributed by atoms with Gasteiger partial charge in [-0.25, -0.2) is 0 Å². The molecule has 0 bridgehead atoms. The maximum atomic E-state index is 11.9. The number of rotatable bonds is 6. The molecule has 0 saturated carbocycles. The summed E-state index contributed by atoms with van der Waals surface area (Å²) in [5.74, 6) is 2.40. The fraction of sp³-hybridized carbons (Fsp3) is 0.538. The van der Waals surface area contributed by atoms with Crippen LogP contribution in [0.3, 0.4) is 0 Å². The van der Waals surface area contributed by atoms with E-state index in [0.29, 0.717) is 48.5 Å². The van der Waals surface area contributed by atoms with Crippen LogP contribution in [0.25, 0.3) is 0 Å². The van der Waals surface area contributed by atoms with E-state index in [1.807, 2.05) is 6.07 Å². The Bertz CT molecular complexity index is 464. The molecule has 0 amide bonds. The van der Waals surface area contributed by atoms with Gasteiger partial charge in [-0.1, -0.05) is 0 Å². The van der Waals surface area contributed by atoms with Gasteiger partial charge in [-0.05, 0) is 18.1 Å². The summed E-state index contributed by atoms with van der Waals surface area (Å²) < 4.78 is 27.8. The van der Waals surface area contributed by atoms with Crippen molar-refractivity contribution in [3.8, 4) is 11.5 Å². The SMILES string of the molecule is COCCCS(=O)Cc1cc2c(cc1N)OCCO2. The lowest BCUT2D eigenvalue weighted by Gasteiger charge is -2.20. The lowest BCUT2D eigenvalue weighted by Crippen LogP contribution is -2.16. The van der Waals surface area contributed by atoms with Gasteiger partial charge in [0.2, 0.25) is 0 Å². The molecule has 2 rings (SSSR count). The molecule has 0 fully saturated rings. The average molecular weight is 285 g/mol. The molecule has 1 aromatic rings. The van der Waals surface area contributed by atoms with E-state index in [-0.39, 0.29) is 0 Å². The van der Waals surface area contributed by atoms with Gasteiger partial charge in [-0.2, -0.15) is 0 Å². The van der Waals surface area contributed by atoms with Gasteiger partial charge in [0.1, 0.15) is 13.2 Å². The van der Waals surface area contributed by atoms with Gasteiger partial charge in [-0.3, -0.25) is 4.21 Å². The number of methoxy groups -OCH3 is 1. The number of hydrogen-bond donors (Lipinski definition) is 1. The standard InChI is InChI=1S/C13H19NO4S/c1-16-3-2-6-19(15)9-10-7-12-13(8-11(10)14)18-5-4-17-12/h7-8H,2-6,9,14H2,1H3. The van der Waals surface area contributed by atoms with E-state index in [1.54, 1.807) is 13.2 Å². The van der Waals surface area contributed by atoms with Crippen molar-refractivity contribution in [2.75, 3.05) is 38.4 Å². The predicted octanol–water partition coefficient (Wildman–Crippen LogP) is 1.33. The van der Waals surface area contributed by atoms with Crippen molar-refractivity contribution in [1.29, 1.82) is 0 Å². The zero-order valence-electron chi connectivity index (χ0n) is 11.0. The molecule has 0 radical (unpaired) electrons. The number of nitrogen functional groups attached to an aromatic ring is 1. The molecule has 1 aliphatic rings. The van der Waals surface area contributed by atoms with Crippen LogP contribution in [0.2, 0.25) is 0 Å². The van der Waals surface area contributed by atoms with Crippen LogP contribution in [0.4, 0.5) is 5.69 Å². The third-order valence-corrected chi connectivity index (χ3v) is 4.22. The number of anilines is 1. The first kappa shape index (κ1) is 14.1. The van der Waals surface area contributed by atoms with Crippen molar-refractivity contribution in [1.82, 2.24) is 0 Å². The van der Waals surface area contributed by atoms with Gasteiger partial charge in [0, 0.05) is 42.0 Å². The van der Waals surface area contributed by atoms with Crippen LogP contribution < -0.4 is 15.2 Å². The Labute approximate surface area is 115 Å². The van der Waals surface area contributed by atoms with Gasteiger partial charge < -0.3 is 19.9 Å². The summed E-state index contributed by atoms with van der Waals surface area (Å²) in [6.07, 6.45) is 0.785. The third kappa shape index (κ3) is 3.84. The highest BCUT2D eigenvalue weighted by Crippen LogP contribution is 2.34. The fourth-order valence-corrected chi connectivity index (χ4v) is 3.06. The first-order chi connectivity index (χ1) is 9.20. The molecule has 1 unspecified atom stereocenters. The summed E-state index contributed by atoms with van der Waals surface area (Å²) in [6.45, 7) is 1.70. The highest BCUT2D eigenvalue weighted by Gasteiger charge is 2.15. The van der Waals surface area contributed by atoms with E-state index in [9.17, 15) is 4.21 Å². The van der Waals surface area contributed by atoms with E-state index in [0.717, 1.165) is 12.0 Å². The maximum Gasteiger partial charge on any atom is 0.163 e. The summed E-state index contributed by atoms with van der Waals surface area (Å²) in [6, 6.07) is 3.58. The minimum atomic E-state index is -0.940. The average Bonchev–Trinajstić information content (AvgIpc) is 2.40. The van der Waals surface area contributed by atoms with E-state index in [4.69, 9.17) is 19.9 Å². The van der Waals surface area contributed by atoms with Crippen LogP contribution in [-0.2, 0) is 21.3 Å². The highest BCUT2D eigenvalue weighted by atomic mass is 32.2. The number of fused-ring (bicyclic) bond motifs is 1. The van der Waals surface area contributed by atoms with Gasteiger partial charge in [-0.15, -0.1) is 0 Å². The lowest BCUT2D eigenvalue weighted by atomic mass is 10.2. The Morgan fingerprint density at radius 2 is 2.00 bits per heavy atom. The van der Waals surface area contributed by atoms with Gasteiger partial charge >= 0.3 is 0 Å². The van der Waals surface area contributed by atoms with Crippen molar-refractivity contribution in [2.45, 2.75) is 12.2 Å². The van der Waals surface area contributed by atoms with Crippen LogP contribution >= 0.6 is 0 Å². The first-order valence-corrected chi connectivity index (χ1v) is 7.71. The summed E-state index contributed by atoms with van der Waals surface area (Å²) in [5.41, 5.74) is 7.40. The van der Waals surface area contributed by atoms with Crippen molar-refractivity contribution >= 4 is 16.5 Å². The summed E-state index contributed by atoms with van der Waals surface area (Å²) in [5, 5.41) is 0. The summed E-state index contributed by atoms with van der Waals surface area (Å²) >= 11 is 0. The molecule has 2 N–H and O–H groups in total. The molecule has 19 heavy (non-hydrogen) atoms. The molecular formula is C13H19NO4S. The molecule has 0 aliphatic carbocycles. The van der Waals surface area contributed by atoms with Crippen molar-refractivity contribution in [3.05, 3.63) is 17.7 Å². The predicted molar refractivity (Wildman–Crippen MR) is 75.1 cm³/mol. The van der Waals surface area contributed by atoms with Crippen LogP contribution in [0.1, 0.15) is 12.0 Å². The normalized spacial score (nSPS) is 15.2. The van der Waals surface area contributed by atoms with Gasteiger partial charge in [0.25, 0.3) is 0 Å². The van der Waals surface area contributed by atoms with Crippen LogP contribution in [-0.4, -0.2) is 36.9 Å². The number of nitrogens with two attached hydrogens (primary N) is 1. The zero-order valence-corrected chi connectivity index (χ0v) is 11.8. The Kier molecular flexibility index (Phi) is 5.04. The Morgan fingerprint density at radius 1 is 1.32 bits per heavy atom. The van der Waals surface area contributed by atoms with Crippen molar-refractivity contribution in [3.63, 3.8) is 0 Å². The zero-order chi connectivity index (χ0) is 13.7. The summed E-state index contributed by atoms with van der Waals surface area (Å²) in [7, 11) is 0.701. The van der Waals surface area contributed by atoms with E-state index < -0.39 is 10.8 Å². The van der Waals surface area contributed by atoms with Crippen molar-refractivity contribution < 1.29 is 18.4 Å². The Hall–Kier alpha value is -1.27. The first-order valence-electron chi connectivity index (χ1n) is 6.22. The fourth-order valence-electron chi connectivity index (χ4n) is 1.88. The van der Waals surface area contributed by atoms with E-state index >= 15 is 0 Å². The molecule has 5 nitrogen and oxygen atoms in total. The second kappa shape index (κ2) is 6.77. The molecule has 1 aliphatic heterocycles. The molecule has 1 aromatic carbocycles. The quantitative estimate of drug-likeness (QED) is 0.630. The molecule has 106 valence electrons. The molecule has 0 aromatic heterocycles. The minimum absolute atomic E-state index is 0.437. The van der Waals surface area contributed by atoms with Crippen LogP contribution in [0, 0.1) is 0 Å². The minimum Gasteiger partial charge on any atom is -0.486 e. The second-order valence-corrected chi connectivity index (χ2v) is 5.91. The molecule has 0 saturated heterocycles. The smallest absolute Gasteiger partial charge is 0.163 e. The third-order valence-electron chi connectivity index (χ3n) is 2.84. The maximum absolute atomic E-state index is 11.9. The molecule has 1 heterocycles. The topological polar surface area (TPSA) is 70.8 Å². The Morgan fingerprint density at radius 3 is 2.68 bits per heavy atom. The van der Waals surface area contributed by atoms with Gasteiger partial charge in [0.05, 0.1) is 5.75 Å². The molecule has 6 heteroatoms. The van der Waals surface area contributed by atoms with Gasteiger partial charge in [0.15, 0.2) is 11.5 Å². The largest absolute Gasteiger partial charge is 0.486 e. The summed E-state index contributed by atoms with van der Waals surface area (Å²) in [4.78, 5) is 0. The van der Waals surface area contributed by atoms with E-state index in [1.165, 1.54) is 0 Å². The number of hydrogen-bond acceptors (Lipinski definition) is 5. The number of benzene rings is 1. The molecule has 0 spiro atoms. The second-order valence-electron chi connectivity index (χ2n) is 4.33. The van der Waals surface area contributed by atoms with Crippen LogP contribution in [0.5, 0.6) is 11.5 Å². The molecule has 1 atom stereocenters. The lowest BCUT2D eigenvalue weighted by molar-refractivity contribution is 0.171. The monoisotopic (exact) mass is 285 g/mol. The van der Waals surface area contributed by atoms with E-state index in [2.05, 4.69) is 0 Å². The highest BCUT2D eigenvalue weighted by molar-refractivity contribution is 7.84. The Balaban J connectivity index is 2.01. The van der Waals surface area contributed by atoms with Crippen LogP contribution in [0.15, 0.2) is 12.1 Å². The van der Waals surface area contributed by atoms with Crippen molar-refractivity contribution in [2.24, 2.45) is 0 Å². The number of ether oxygens (including phenoxy) is 3.